The minimum Gasteiger partial charge on any atom is -0.355 e. The van der Waals surface area contributed by atoms with E-state index in [1.54, 1.807) is 17.6 Å². The number of hydroxylamine groups is 1. The zero-order chi connectivity index (χ0) is 19.5. The molecule has 27 heavy (non-hydrogen) atoms. The first-order chi connectivity index (χ1) is 12.9. The van der Waals surface area contributed by atoms with Crippen LogP contribution in [0.25, 0.3) is 0 Å². The fraction of sp³-hybridized carbons (Fsp3) is 0.316. The molecule has 0 aliphatic carbocycles. The van der Waals surface area contributed by atoms with Crippen LogP contribution in [-0.2, 0) is 14.6 Å². The molecule has 1 aliphatic rings. The van der Waals surface area contributed by atoms with Gasteiger partial charge in [-0.3, -0.25) is 10.0 Å². The number of amides is 1. The van der Waals surface area contributed by atoms with Gasteiger partial charge < -0.3 is 10.6 Å². The molecule has 1 saturated heterocycles. The van der Waals surface area contributed by atoms with Crippen LogP contribution in [0.1, 0.15) is 18.4 Å². The fourth-order valence-corrected chi connectivity index (χ4v) is 5.34. The summed E-state index contributed by atoms with van der Waals surface area (Å²) in [5.41, 5.74) is 4.29. The van der Waals surface area contributed by atoms with Crippen molar-refractivity contribution >= 4 is 27.1 Å². The Morgan fingerprint density at radius 3 is 2.30 bits per heavy atom. The van der Waals surface area contributed by atoms with Crippen LogP contribution in [0, 0.1) is 6.92 Å². The molecule has 0 spiro atoms. The van der Waals surface area contributed by atoms with E-state index in [9.17, 15) is 13.2 Å². The van der Waals surface area contributed by atoms with Crippen molar-refractivity contribution in [3.63, 3.8) is 0 Å². The normalized spacial score (nSPS) is 16.5. The van der Waals surface area contributed by atoms with E-state index in [2.05, 4.69) is 10.6 Å². The fourth-order valence-electron chi connectivity index (χ4n) is 3.36. The molecule has 7 nitrogen and oxygen atoms in total. The van der Waals surface area contributed by atoms with E-state index in [4.69, 9.17) is 5.21 Å². The van der Waals surface area contributed by atoms with E-state index in [1.807, 2.05) is 31.2 Å². The number of carbonyl (C=O) groups is 1. The molecule has 2 aromatic rings. The van der Waals surface area contributed by atoms with Gasteiger partial charge in [0.25, 0.3) is 5.91 Å². The molecule has 1 amide bonds. The Kier molecular flexibility index (Phi) is 5.50. The molecule has 0 saturated carbocycles. The summed E-state index contributed by atoms with van der Waals surface area (Å²) in [6, 6.07) is 14.1. The standard InChI is InChI=1S/C19H23N3O4S/c1-14-4-2-3-5-17(14)21-15-6-8-16(9-7-15)27(25,26)19(18(23)22-24)10-12-20-13-11-19/h2-9,20-21,24H,10-13H2,1H3,(H,22,23). The number of nitrogens with one attached hydrogen (secondary N) is 3. The number of piperidine rings is 1. The number of benzene rings is 2. The minimum atomic E-state index is -3.97. The zero-order valence-corrected chi connectivity index (χ0v) is 15.8. The van der Waals surface area contributed by atoms with Gasteiger partial charge in [-0.2, -0.15) is 0 Å². The van der Waals surface area contributed by atoms with Crippen LogP contribution in [0.2, 0.25) is 0 Å². The van der Waals surface area contributed by atoms with Gasteiger partial charge in [-0.25, -0.2) is 13.9 Å². The monoisotopic (exact) mass is 389 g/mol. The lowest BCUT2D eigenvalue weighted by Crippen LogP contribution is -2.57. The Bertz CT molecular complexity index is 920. The number of hydrogen-bond donors (Lipinski definition) is 4. The third-order valence-corrected chi connectivity index (χ3v) is 7.54. The van der Waals surface area contributed by atoms with E-state index >= 15 is 0 Å². The third kappa shape index (κ3) is 3.55. The Hall–Kier alpha value is -2.42. The summed E-state index contributed by atoms with van der Waals surface area (Å²) in [7, 11) is -3.97. The van der Waals surface area contributed by atoms with Crippen molar-refractivity contribution in [2.24, 2.45) is 0 Å². The highest BCUT2D eigenvalue weighted by atomic mass is 32.2. The first kappa shape index (κ1) is 19.3. The number of carbonyl (C=O) groups excluding carboxylic acids is 1. The first-order valence-electron chi connectivity index (χ1n) is 8.73. The highest BCUT2D eigenvalue weighted by molar-refractivity contribution is 7.93. The van der Waals surface area contributed by atoms with E-state index in [1.165, 1.54) is 12.1 Å². The van der Waals surface area contributed by atoms with Crippen molar-refractivity contribution in [2.75, 3.05) is 18.4 Å². The molecule has 1 heterocycles. The van der Waals surface area contributed by atoms with E-state index < -0.39 is 20.5 Å². The first-order valence-corrected chi connectivity index (χ1v) is 10.2. The molecule has 1 aliphatic heterocycles. The largest absolute Gasteiger partial charge is 0.355 e. The second kappa shape index (κ2) is 7.67. The second-order valence-corrected chi connectivity index (χ2v) is 8.91. The number of hydrogen-bond acceptors (Lipinski definition) is 6. The van der Waals surface area contributed by atoms with Crippen molar-refractivity contribution in [2.45, 2.75) is 29.4 Å². The molecule has 0 unspecified atom stereocenters. The minimum absolute atomic E-state index is 0.0586. The predicted octanol–water partition coefficient (Wildman–Crippen LogP) is 2.14. The van der Waals surface area contributed by atoms with Crippen LogP contribution in [-0.4, -0.2) is 37.4 Å². The van der Waals surface area contributed by atoms with Crippen LogP contribution in [0.4, 0.5) is 11.4 Å². The summed E-state index contributed by atoms with van der Waals surface area (Å²) in [5, 5.41) is 15.4. The average molecular weight is 389 g/mol. The van der Waals surface area contributed by atoms with Crippen molar-refractivity contribution in [3.05, 3.63) is 54.1 Å². The van der Waals surface area contributed by atoms with Gasteiger partial charge in [-0.1, -0.05) is 18.2 Å². The summed E-state index contributed by atoms with van der Waals surface area (Å²) in [6.45, 7) is 2.76. The average Bonchev–Trinajstić information content (AvgIpc) is 2.70. The van der Waals surface area contributed by atoms with Crippen LogP contribution in [0.5, 0.6) is 0 Å². The van der Waals surface area contributed by atoms with Crippen molar-refractivity contribution in [1.29, 1.82) is 0 Å². The number of para-hydroxylation sites is 1. The summed E-state index contributed by atoms with van der Waals surface area (Å²) in [5.74, 6) is -0.883. The molecule has 0 radical (unpaired) electrons. The van der Waals surface area contributed by atoms with Gasteiger partial charge in [0.05, 0.1) is 4.90 Å². The molecule has 8 heteroatoms. The predicted molar refractivity (Wildman–Crippen MR) is 103 cm³/mol. The van der Waals surface area contributed by atoms with E-state index in [0.29, 0.717) is 13.1 Å². The Labute approximate surface area is 158 Å². The maximum absolute atomic E-state index is 13.2. The smallest absolute Gasteiger partial charge is 0.265 e. The van der Waals surface area contributed by atoms with Gasteiger partial charge in [0, 0.05) is 11.4 Å². The Morgan fingerprint density at radius 1 is 1.07 bits per heavy atom. The van der Waals surface area contributed by atoms with E-state index in [-0.39, 0.29) is 17.7 Å². The molecule has 2 aromatic carbocycles. The maximum atomic E-state index is 13.2. The van der Waals surface area contributed by atoms with Crippen molar-refractivity contribution in [3.8, 4) is 0 Å². The summed E-state index contributed by atoms with van der Waals surface area (Å²) < 4.78 is 24.8. The molecule has 1 fully saturated rings. The zero-order valence-electron chi connectivity index (χ0n) is 15.0. The lowest BCUT2D eigenvalue weighted by atomic mass is 9.96. The third-order valence-electron chi connectivity index (χ3n) is 5.03. The number of aryl methyl sites for hydroxylation is 1. The SMILES string of the molecule is Cc1ccccc1Nc1ccc(S(=O)(=O)C2(C(=O)NO)CCNCC2)cc1. The molecule has 0 aromatic heterocycles. The van der Waals surface area contributed by atoms with Crippen LogP contribution in [0.15, 0.2) is 53.4 Å². The number of sulfone groups is 1. The van der Waals surface area contributed by atoms with Crippen LogP contribution in [0.3, 0.4) is 0 Å². The second-order valence-electron chi connectivity index (χ2n) is 6.65. The maximum Gasteiger partial charge on any atom is 0.265 e. The molecule has 0 atom stereocenters. The molecule has 0 bridgehead atoms. The van der Waals surface area contributed by atoms with Crippen LogP contribution >= 0.6 is 0 Å². The summed E-state index contributed by atoms with van der Waals surface area (Å²) >= 11 is 0. The molecule has 4 N–H and O–H groups in total. The highest BCUT2D eigenvalue weighted by Crippen LogP contribution is 2.34. The molecule has 144 valence electrons. The topological polar surface area (TPSA) is 108 Å². The van der Waals surface area contributed by atoms with Crippen LogP contribution < -0.4 is 16.1 Å². The van der Waals surface area contributed by atoms with Gasteiger partial charge in [-0.05, 0) is 68.8 Å². The van der Waals surface area contributed by atoms with Gasteiger partial charge in [0.2, 0.25) is 0 Å². The van der Waals surface area contributed by atoms with Gasteiger partial charge >= 0.3 is 0 Å². The van der Waals surface area contributed by atoms with Gasteiger partial charge in [-0.15, -0.1) is 0 Å². The molecular weight excluding hydrogens is 366 g/mol. The van der Waals surface area contributed by atoms with Crippen molar-refractivity contribution < 1.29 is 18.4 Å². The number of anilines is 2. The highest BCUT2D eigenvalue weighted by Gasteiger charge is 2.51. The summed E-state index contributed by atoms with van der Waals surface area (Å²) in [6.07, 6.45) is 0.204. The van der Waals surface area contributed by atoms with E-state index in [0.717, 1.165) is 16.9 Å². The molecular formula is C19H23N3O4S. The quantitative estimate of drug-likeness (QED) is 0.461. The molecule has 3 rings (SSSR count). The van der Waals surface area contributed by atoms with Crippen molar-refractivity contribution in [1.82, 2.24) is 10.8 Å². The van der Waals surface area contributed by atoms with Gasteiger partial charge in [0.15, 0.2) is 14.6 Å². The summed E-state index contributed by atoms with van der Waals surface area (Å²) in [4.78, 5) is 12.3. The lowest BCUT2D eigenvalue weighted by Gasteiger charge is -2.34. The lowest BCUT2D eigenvalue weighted by molar-refractivity contribution is -0.132. The Morgan fingerprint density at radius 2 is 1.70 bits per heavy atom. The number of rotatable bonds is 5. The Balaban J connectivity index is 1.90. The van der Waals surface area contributed by atoms with Gasteiger partial charge in [0.1, 0.15) is 0 Å².